The van der Waals surface area contributed by atoms with E-state index in [4.69, 9.17) is 5.73 Å². The summed E-state index contributed by atoms with van der Waals surface area (Å²) in [5, 5.41) is 0. The molecule has 2 atom stereocenters. The van der Waals surface area contributed by atoms with Gasteiger partial charge in [0.2, 0.25) is 0 Å². The van der Waals surface area contributed by atoms with Gasteiger partial charge in [-0.05, 0) is 49.5 Å². The largest absolute Gasteiger partial charge is 0.330 e. The van der Waals surface area contributed by atoms with Gasteiger partial charge >= 0.3 is 0 Å². The third-order valence-electron chi connectivity index (χ3n) is 5.21. The third kappa shape index (κ3) is 1.72. The summed E-state index contributed by atoms with van der Waals surface area (Å²) < 4.78 is 0. The van der Waals surface area contributed by atoms with Crippen LogP contribution in [0.1, 0.15) is 38.5 Å². The Morgan fingerprint density at radius 3 is 2.20 bits per heavy atom. The molecule has 0 amide bonds. The minimum Gasteiger partial charge on any atom is -0.330 e. The highest BCUT2D eigenvalue weighted by Gasteiger charge is 2.42. The Morgan fingerprint density at radius 1 is 1.07 bits per heavy atom. The Balaban J connectivity index is 1.56. The lowest BCUT2D eigenvalue weighted by atomic mass is 9.68. The van der Waals surface area contributed by atoms with Crippen molar-refractivity contribution in [2.75, 3.05) is 26.2 Å². The van der Waals surface area contributed by atoms with Crippen LogP contribution in [0.5, 0.6) is 0 Å². The van der Waals surface area contributed by atoms with Gasteiger partial charge < -0.3 is 10.6 Å². The van der Waals surface area contributed by atoms with Crippen molar-refractivity contribution in [2.45, 2.75) is 38.5 Å². The lowest BCUT2D eigenvalue weighted by Gasteiger charge is -2.43. The van der Waals surface area contributed by atoms with Crippen LogP contribution in [-0.4, -0.2) is 31.1 Å². The predicted molar refractivity (Wildman–Crippen MR) is 62.6 cm³/mol. The molecule has 0 aromatic carbocycles. The van der Waals surface area contributed by atoms with E-state index in [9.17, 15) is 0 Å². The summed E-state index contributed by atoms with van der Waals surface area (Å²) in [6, 6.07) is 0. The van der Waals surface area contributed by atoms with Gasteiger partial charge in [-0.25, -0.2) is 0 Å². The second kappa shape index (κ2) is 3.74. The molecule has 2 saturated carbocycles. The summed E-state index contributed by atoms with van der Waals surface area (Å²) in [5.41, 5.74) is 6.46. The van der Waals surface area contributed by atoms with Gasteiger partial charge in [-0.1, -0.05) is 12.8 Å². The Morgan fingerprint density at radius 2 is 1.73 bits per heavy atom. The summed E-state index contributed by atoms with van der Waals surface area (Å²) in [6.45, 7) is 4.98. The zero-order valence-corrected chi connectivity index (χ0v) is 9.75. The molecule has 2 nitrogen and oxygen atoms in total. The molecule has 3 rings (SSSR count). The Kier molecular flexibility index (Phi) is 2.52. The average molecular weight is 208 g/mol. The van der Waals surface area contributed by atoms with Crippen molar-refractivity contribution < 1.29 is 0 Å². The standard InChI is InChI=1S/C13H24N2/c14-9-13(5-2-6-13)10-15-7-11-3-1-4-12(11)8-15/h11-12H,1-10,14H2. The summed E-state index contributed by atoms with van der Waals surface area (Å²) >= 11 is 0. The van der Waals surface area contributed by atoms with E-state index in [1.165, 1.54) is 58.2 Å². The molecule has 1 saturated heterocycles. The summed E-state index contributed by atoms with van der Waals surface area (Å²) in [4.78, 5) is 2.72. The zero-order chi connectivity index (χ0) is 10.3. The summed E-state index contributed by atoms with van der Waals surface area (Å²) in [7, 11) is 0. The molecule has 15 heavy (non-hydrogen) atoms. The van der Waals surface area contributed by atoms with E-state index < -0.39 is 0 Å². The monoisotopic (exact) mass is 208 g/mol. The molecule has 2 unspecified atom stereocenters. The number of fused-ring (bicyclic) bond motifs is 1. The van der Waals surface area contributed by atoms with Crippen LogP contribution in [0.15, 0.2) is 0 Å². The fourth-order valence-corrected chi connectivity index (χ4v) is 4.04. The quantitative estimate of drug-likeness (QED) is 0.767. The van der Waals surface area contributed by atoms with Gasteiger partial charge in [0, 0.05) is 19.6 Å². The minimum absolute atomic E-state index is 0.526. The van der Waals surface area contributed by atoms with E-state index in [1.54, 1.807) is 0 Å². The third-order valence-corrected chi connectivity index (χ3v) is 5.21. The van der Waals surface area contributed by atoms with Gasteiger partial charge in [0.05, 0.1) is 0 Å². The molecule has 0 radical (unpaired) electrons. The van der Waals surface area contributed by atoms with Crippen LogP contribution in [-0.2, 0) is 0 Å². The highest BCUT2D eigenvalue weighted by molar-refractivity contribution is 4.95. The van der Waals surface area contributed by atoms with Crippen molar-refractivity contribution in [3.8, 4) is 0 Å². The fourth-order valence-electron chi connectivity index (χ4n) is 4.04. The molecule has 3 fully saturated rings. The maximum atomic E-state index is 5.94. The second-order valence-corrected chi connectivity index (χ2v) is 6.20. The van der Waals surface area contributed by atoms with E-state index in [0.29, 0.717) is 5.41 Å². The van der Waals surface area contributed by atoms with E-state index in [2.05, 4.69) is 4.90 Å². The number of hydrogen-bond donors (Lipinski definition) is 1. The lowest BCUT2D eigenvalue weighted by molar-refractivity contribution is 0.0829. The predicted octanol–water partition coefficient (Wildman–Crippen LogP) is 1.85. The molecular weight excluding hydrogens is 184 g/mol. The Hall–Kier alpha value is -0.0800. The molecule has 2 aliphatic carbocycles. The molecule has 2 heteroatoms. The Bertz CT molecular complexity index is 217. The first-order chi connectivity index (χ1) is 7.31. The number of likely N-dealkylation sites (tertiary alicyclic amines) is 1. The summed E-state index contributed by atoms with van der Waals surface area (Å²) in [5.74, 6) is 2.08. The first-order valence-electron chi connectivity index (χ1n) is 6.74. The fraction of sp³-hybridized carbons (Fsp3) is 1.00. The molecule has 1 heterocycles. The Labute approximate surface area is 93.2 Å². The normalized spacial score (nSPS) is 39.0. The number of rotatable bonds is 3. The molecule has 0 aromatic rings. The number of nitrogens with zero attached hydrogens (tertiary/aromatic N) is 1. The van der Waals surface area contributed by atoms with Crippen molar-refractivity contribution >= 4 is 0 Å². The van der Waals surface area contributed by atoms with Crippen LogP contribution in [0.3, 0.4) is 0 Å². The van der Waals surface area contributed by atoms with Crippen molar-refractivity contribution in [2.24, 2.45) is 23.0 Å². The SMILES string of the molecule is NCC1(CN2CC3CCCC3C2)CCC1. The van der Waals surface area contributed by atoms with Gasteiger partial charge in [-0.2, -0.15) is 0 Å². The van der Waals surface area contributed by atoms with E-state index in [0.717, 1.165) is 18.4 Å². The highest BCUT2D eigenvalue weighted by atomic mass is 15.2. The van der Waals surface area contributed by atoms with Crippen molar-refractivity contribution in [3.63, 3.8) is 0 Å². The van der Waals surface area contributed by atoms with Crippen LogP contribution in [0.25, 0.3) is 0 Å². The van der Waals surface area contributed by atoms with Crippen molar-refractivity contribution in [3.05, 3.63) is 0 Å². The van der Waals surface area contributed by atoms with E-state index in [-0.39, 0.29) is 0 Å². The maximum Gasteiger partial charge on any atom is 0.00503 e. The van der Waals surface area contributed by atoms with Crippen LogP contribution in [0, 0.1) is 17.3 Å². The van der Waals surface area contributed by atoms with Crippen molar-refractivity contribution in [1.29, 1.82) is 0 Å². The highest BCUT2D eigenvalue weighted by Crippen LogP contribution is 2.44. The molecule has 2 N–H and O–H groups in total. The van der Waals surface area contributed by atoms with Gasteiger partial charge in [0.15, 0.2) is 0 Å². The lowest BCUT2D eigenvalue weighted by Crippen LogP contribution is -2.46. The average Bonchev–Trinajstić information content (AvgIpc) is 2.70. The van der Waals surface area contributed by atoms with Crippen LogP contribution in [0.2, 0.25) is 0 Å². The van der Waals surface area contributed by atoms with Crippen LogP contribution in [0.4, 0.5) is 0 Å². The molecule has 86 valence electrons. The molecule has 0 spiro atoms. The van der Waals surface area contributed by atoms with Crippen LogP contribution < -0.4 is 5.73 Å². The number of hydrogen-bond acceptors (Lipinski definition) is 2. The maximum absolute atomic E-state index is 5.94. The van der Waals surface area contributed by atoms with Gasteiger partial charge in [-0.3, -0.25) is 0 Å². The van der Waals surface area contributed by atoms with Gasteiger partial charge in [0.1, 0.15) is 0 Å². The summed E-state index contributed by atoms with van der Waals surface area (Å²) in [6.07, 6.45) is 8.67. The van der Waals surface area contributed by atoms with Gasteiger partial charge in [0.25, 0.3) is 0 Å². The van der Waals surface area contributed by atoms with Crippen LogP contribution >= 0.6 is 0 Å². The second-order valence-electron chi connectivity index (χ2n) is 6.20. The molecular formula is C13H24N2. The van der Waals surface area contributed by atoms with Gasteiger partial charge in [-0.15, -0.1) is 0 Å². The van der Waals surface area contributed by atoms with E-state index >= 15 is 0 Å². The minimum atomic E-state index is 0.526. The first-order valence-corrected chi connectivity index (χ1v) is 6.74. The molecule has 1 aliphatic heterocycles. The number of nitrogens with two attached hydrogens (primary N) is 1. The topological polar surface area (TPSA) is 29.3 Å². The molecule has 0 bridgehead atoms. The molecule has 0 aromatic heterocycles. The zero-order valence-electron chi connectivity index (χ0n) is 9.75. The first kappa shape index (κ1) is 10.1. The van der Waals surface area contributed by atoms with Crippen molar-refractivity contribution in [1.82, 2.24) is 4.90 Å². The van der Waals surface area contributed by atoms with E-state index in [1.807, 2.05) is 0 Å². The smallest absolute Gasteiger partial charge is 0.00503 e. The molecule has 3 aliphatic rings.